The highest BCUT2D eigenvalue weighted by molar-refractivity contribution is 6.31. The first-order valence-electron chi connectivity index (χ1n) is 5.76. The number of fused-ring (bicyclic) bond motifs is 1. The second-order valence-corrected chi connectivity index (χ2v) is 4.79. The van der Waals surface area contributed by atoms with E-state index in [1.54, 1.807) is 0 Å². The van der Waals surface area contributed by atoms with Gasteiger partial charge in [0.1, 0.15) is 5.84 Å². The molecule has 0 radical (unpaired) electrons. The van der Waals surface area contributed by atoms with Gasteiger partial charge >= 0.3 is 0 Å². The zero-order valence-corrected chi connectivity index (χ0v) is 10.5. The summed E-state index contributed by atoms with van der Waals surface area (Å²) in [6, 6.07) is 6.02. The van der Waals surface area contributed by atoms with Gasteiger partial charge in [-0.2, -0.15) is 0 Å². The van der Waals surface area contributed by atoms with Crippen molar-refractivity contribution in [3.8, 4) is 0 Å². The predicted molar refractivity (Wildman–Crippen MR) is 72.0 cm³/mol. The summed E-state index contributed by atoms with van der Waals surface area (Å²) in [5, 5.41) is 5.30. The Morgan fingerprint density at radius 1 is 1.47 bits per heavy atom. The minimum absolute atomic E-state index is 0.787. The van der Waals surface area contributed by atoms with Gasteiger partial charge in [0.25, 0.3) is 0 Å². The lowest BCUT2D eigenvalue weighted by Crippen LogP contribution is -2.23. The van der Waals surface area contributed by atoms with Gasteiger partial charge in [0.2, 0.25) is 0 Å². The Morgan fingerprint density at radius 2 is 2.35 bits per heavy atom. The quantitative estimate of drug-likeness (QED) is 0.869. The maximum atomic E-state index is 6.02. The predicted octanol–water partition coefficient (Wildman–Crippen LogP) is 2.60. The number of benzene rings is 1. The average molecular weight is 248 g/mol. The largest absolute Gasteiger partial charge is 0.370 e. The van der Waals surface area contributed by atoms with Crippen molar-refractivity contribution in [3.05, 3.63) is 35.0 Å². The maximum Gasteiger partial charge on any atom is 0.117 e. The summed E-state index contributed by atoms with van der Waals surface area (Å²) < 4.78 is 2.22. The molecule has 1 N–H and O–H groups in total. The molecule has 0 spiro atoms. The standard InChI is InChI=1S/C13H14ClN3/c1-9-7-17(8-13-15-4-5-16-13)12-3-2-10(14)6-11(9)12/h2-3,6-7H,4-5,8H2,1H3,(H,15,16). The first kappa shape index (κ1) is 10.7. The van der Waals surface area contributed by atoms with Gasteiger partial charge in [-0.3, -0.25) is 4.99 Å². The third-order valence-corrected chi connectivity index (χ3v) is 3.34. The van der Waals surface area contributed by atoms with E-state index < -0.39 is 0 Å². The van der Waals surface area contributed by atoms with Gasteiger partial charge in [-0.05, 0) is 30.7 Å². The number of nitrogens with one attached hydrogen (secondary N) is 1. The summed E-state index contributed by atoms with van der Waals surface area (Å²) in [5.41, 5.74) is 2.46. The molecule has 0 saturated heterocycles. The summed E-state index contributed by atoms with van der Waals surface area (Å²) in [7, 11) is 0. The van der Waals surface area contributed by atoms with Crippen molar-refractivity contribution in [1.82, 2.24) is 9.88 Å². The number of nitrogens with zero attached hydrogens (tertiary/aromatic N) is 2. The minimum Gasteiger partial charge on any atom is -0.370 e. The smallest absolute Gasteiger partial charge is 0.117 e. The molecule has 1 aliphatic heterocycles. The number of aryl methyl sites for hydroxylation is 1. The highest BCUT2D eigenvalue weighted by Crippen LogP contribution is 2.24. The monoisotopic (exact) mass is 247 g/mol. The lowest BCUT2D eigenvalue weighted by molar-refractivity contribution is 0.860. The normalized spacial score (nSPS) is 15.1. The fourth-order valence-electron chi connectivity index (χ4n) is 2.29. The van der Waals surface area contributed by atoms with E-state index in [0.29, 0.717) is 0 Å². The van der Waals surface area contributed by atoms with E-state index in [0.717, 1.165) is 30.5 Å². The molecule has 1 aromatic carbocycles. The van der Waals surface area contributed by atoms with E-state index >= 15 is 0 Å². The average Bonchev–Trinajstić information content (AvgIpc) is 2.89. The van der Waals surface area contributed by atoms with Crippen LogP contribution >= 0.6 is 11.6 Å². The Labute approximate surface area is 105 Å². The van der Waals surface area contributed by atoms with E-state index in [4.69, 9.17) is 11.6 Å². The van der Waals surface area contributed by atoms with Crippen LogP contribution in [0.15, 0.2) is 29.4 Å². The highest BCUT2D eigenvalue weighted by atomic mass is 35.5. The van der Waals surface area contributed by atoms with Gasteiger partial charge < -0.3 is 9.88 Å². The Hall–Kier alpha value is -1.48. The van der Waals surface area contributed by atoms with Crippen molar-refractivity contribution in [2.45, 2.75) is 13.5 Å². The molecule has 0 aliphatic carbocycles. The number of halogens is 1. The molecule has 3 rings (SSSR count). The Morgan fingerprint density at radius 3 is 3.12 bits per heavy atom. The zero-order chi connectivity index (χ0) is 11.8. The maximum absolute atomic E-state index is 6.02. The molecule has 0 unspecified atom stereocenters. The van der Waals surface area contributed by atoms with Crippen LogP contribution in [0.3, 0.4) is 0 Å². The van der Waals surface area contributed by atoms with Crippen LogP contribution in [0.2, 0.25) is 5.02 Å². The lowest BCUT2D eigenvalue weighted by atomic mass is 10.2. The molecular formula is C13H14ClN3. The second kappa shape index (κ2) is 4.08. The van der Waals surface area contributed by atoms with Crippen LogP contribution < -0.4 is 5.32 Å². The van der Waals surface area contributed by atoms with Gasteiger partial charge in [0, 0.05) is 28.7 Å². The first-order chi connectivity index (χ1) is 8.24. The van der Waals surface area contributed by atoms with Crippen LogP contribution in [0.5, 0.6) is 0 Å². The molecule has 2 heterocycles. The topological polar surface area (TPSA) is 29.3 Å². The zero-order valence-electron chi connectivity index (χ0n) is 9.70. The van der Waals surface area contributed by atoms with Gasteiger partial charge in [-0.25, -0.2) is 0 Å². The number of hydrogen-bond donors (Lipinski definition) is 1. The fraction of sp³-hybridized carbons (Fsp3) is 0.308. The van der Waals surface area contributed by atoms with Crippen LogP contribution in [-0.4, -0.2) is 23.5 Å². The number of rotatable bonds is 2. The van der Waals surface area contributed by atoms with E-state index in [1.165, 1.54) is 16.5 Å². The third kappa shape index (κ3) is 1.91. The third-order valence-electron chi connectivity index (χ3n) is 3.11. The molecule has 1 aromatic heterocycles. The number of hydrogen-bond acceptors (Lipinski definition) is 2. The molecule has 0 fully saturated rings. The molecule has 0 atom stereocenters. The summed E-state index contributed by atoms with van der Waals surface area (Å²) >= 11 is 6.02. The highest BCUT2D eigenvalue weighted by Gasteiger charge is 2.10. The van der Waals surface area contributed by atoms with Crippen molar-refractivity contribution >= 4 is 28.3 Å². The van der Waals surface area contributed by atoms with E-state index in [2.05, 4.69) is 34.1 Å². The van der Waals surface area contributed by atoms with Gasteiger partial charge in [0.15, 0.2) is 0 Å². The lowest BCUT2D eigenvalue weighted by Gasteiger charge is -2.05. The molecule has 2 aromatic rings. The molecule has 0 amide bonds. The van der Waals surface area contributed by atoms with Crippen LogP contribution in [0, 0.1) is 6.92 Å². The van der Waals surface area contributed by atoms with Crippen molar-refractivity contribution in [1.29, 1.82) is 0 Å². The SMILES string of the molecule is Cc1cn(CC2=NCCN2)c2ccc(Cl)cc12. The Balaban J connectivity index is 2.04. The minimum atomic E-state index is 0.787. The summed E-state index contributed by atoms with van der Waals surface area (Å²) in [6.45, 7) is 4.77. The molecular weight excluding hydrogens is 234 g/mol. The van der Waals surface area contributed by atoms with E-state index in [9.17, 15) is 0 Å². The van der Waals surface area contributed by atoms with Crippen LogP contribution in [0.4, 0.5) is 0 Å². The molecule has 4 heteroatoms. The number of aliphatic imine (C=N–C) groups is 1. The Kier molecular flexibility index (Phi) is 2.56. The number of aromatic nitrogens is 1. The molecule has 1 aliphatic rings. The molecule has 17 heavy (non-hydrogen) atoms. The molecule has 0 saturated carbocycles. The molecule has 88 valence electrons. The van der Waals surface area contributed by atoms with E-state index in [-0.39, 0.29) is 0 Å². The van der Waals surface area contributed by atoms with Crippen molar-refractivity contribution in [2.24, 2.45) is 4.99 Å². The van der Waals surface area contributed by atoms with Gasteiger partial charge in [-0.1, -0.05) is 11.6 Å². The van der Waals surface area contributed by atoms with Crippen LogP contribution in [0.25, 0.3) is 10.9 Å². The molecule has 3 nitrogen and oxygen atoms in total. The van der Waals surface area contributed by atoms with Gasteiger partial charge in [-0.15, -0.1) is 0 Å². The van der Waals surface area contributed by atoms with Crippen molar-refractivity contribution in [2.75, 3.05) is 13.1 Å². The summed E-state index contributed by atoms with van der Waals surface area (Å²) in [4.78, 5) is 4.42. The van der Waals surface area contributed by atoms with Crippen molar-refractivity contribution in [3.63, 3.8) is 0 Å². The second-order valence-electron chi connectivity index (χ2n) is 4.36. The molecule has 0 bridgehead atoms. The van der Waals surface area contributed by atoms with Crippen LogP contribution in [0.1, 0.15) is 5.56 Å². The van der Waals surface area contributed by atoms with Crippen LogP contribution in [-0.2, 0) is 6.54 Å². The first-order valence-corrected chi connectivity index (χ1v) is 6.14. The Bertz CT molecular complexity index is 598. The van der Waals surface area contributed by atoms with E-state index in [1.807, 2.05) is 12.1 Å². The van der Waals surface area contributed by atoms with Gasteiger partial charge in [0.05, 0.1) is 13.1 Å². The summed E-state index contributed by atoms with van der Waals surface area (Å²) in [6.07, 6.45) is 2.16. The number of amidine groups is 1. The van der Waals surface area contributed by atoms with Crippen molar-refractivity contribution < 1.29 is 0 Å². The summed E-state index contributed by atoms with van der Waals surface area (Å²) in [5.74, 6) is 1.07. The fourth-order valence-corrected chi connectivity index (χ4v) is 2.46.